The van der Waals surface area contributed by atoms with Crippen molar-refractivity contribution >= 4 is 34.3 Å². The van der Waals surface area contributed by atoms with Gasteiger partial charge in [0.2, 0.25) is 5.91 Å². The molecule has 0 spiro atoms. The van der Waals surface area contributed by atoms with Gasteiger partial charge in [-0.2, -0.15) is 0 Å². The van der Waals surface area contributed by atoms with Crippen molar-refractivity contribution in [3.8, 4) is 11.3 Å². The monoisotopic (exact) mass is 406 g/mol. The number of imide groups is 1. The highest BCUT2D eigenvalue weighted by Gasteiger charge is 2.56. The fourth-order valence-electron chi connectivity index (χ4n) is 3.22. The molecule has 10 heteroatoms. The standard InChI is InChI=1S/C18H16F2N4O3S/c1-18(10-3-4-10)15(26)24(17(27)23-18)7-14(25)22-16-21-13(8-28-16)9-2-5-11(19)12(20)6-9/h2,5-6,8,10H,3-4,7H2,1H3,(H,23,27)(H,21,22,25). The summed E-state index contributed by atoms with van der Waals surface area (Å²) >= 11 is 1.09. The van der Waals surface area contributed by atoms with Gasteiger partial charge >= 0.3 is 6.03 Å². The molecule has 146 valence electrons. The zero-order valence-corrected chi connectivity index (χ0v) is 15.6. The maximum atomic E-state index is 13.4. The van der Waals surface area contributed by atoms with Gasteiger partial charge in [0.05, 0.1) is 5.69 Å². The van der Waals surface area contributed by atoms with E-state index in [1.165, 1.54) is 6.07 Å². The molecule has 1 saturated heterocycles. The van der Waals surface area contributed by atoms with Crippen LogP contribution in [-0.2, 0) is 9.59 Å². The molecule has 1 aromatic carbocycles. The molecule has 1 unspecified atom stereocenters. The quantitative estimate of drug-likeness (QED) is 0.747. The summed E-state index contributed by atoms with van der Waals surface area (Å²) in [7, 11) is 0. The van der Waals surface area contributed by atoms with Crippen molar-refractivity contribution in [2.45, 2.75) is 25.3 Å². The van der Waals surface area contributed by atoms with Crippen molar-refractivity contribution in [2.24, 2.45) is 5.92 Å². The molecule has 1 saturated carbocycles. The largest absolute Gasteiger partial charge is 0.325 e. The van der Waals surface area contributed by atoms with Crippen LogP contribution >= 0.6 is 11.3 Å². The number of thiazole rings is 1. The number of hydrogen-bond acceptors (Lipinski definition) is 5. The fourth-order valence-corrected chi connectivity index (χ4v) is 3.95. The lowest BCUT2D eigenvalue weighted by Gasteiger charge is -2.20. The van der Waals surface area contributed by atoms with Crippen molar-refractivity contribution < 1.29 is 23.2 Å². The summed E-state index contributed by atoms with van der Waals surface area (Å²) in [6.45, 7) is 1.25. The summed E-state index contributed by atoms with van der Waals surface area (Å²) in [6.07, 6.45) is 1.74. The van der Waals surface area contributed by atoms with Gasteiger partial charge in [-0.25, -0.2) is 18.6 Å². The van der Waals surface area contributed by atoms with Crippen LogP contribution in [0.2, 0.25) is 0 Å². The van der Waals surface area contributed by atoms with Crippen molar-refractivity contribution in [1.82, 2.24) is 15.2 Å². The molecule has 2 fully saturated rings. The highest BCUT2D eigenvalue weighted by Crippen LogP contribution is 2.42. The molecular weight excluding hydrogens is 390 g/mol. The number of amides is 4. The third-order valence-corrected chi connectivity index (χ3v) is 5.72. The number of anilines is 1. The summed E-state index contributed by atoms with van der Waals surface area (Å²) in [5.41, 5.74) is -0.210. The first-order chi connectivity index (χ1) is 13.3. The maximum absolute atomic E-state index is 13.4. The van der Waals surface area contributed by atoms with E-state index in [0.717, 1.165) is 41.2 Å². The summed E-state index contributed by atoms with van der Waals surface area (Å²) < 4.78 is 26.4. The molecule has 4 rings (SSSR count). The normalized spacial score (nSPS) is 21.8. The van der Waals surface area contributed by atoms with Crippen molar-refractivity contribution in [3.63, 3.8) is 0 Å². The Labute approximate surface area is 162 Å². The van der Waals surface area contributed by atoms with Crippen molar-refractivity contribution in [1.29, 1.82) is 0 Å². The molecule has 0 radical (unpaired) electrons. The molecule has 1 aliphatic heterocycles. The van der Waals surface area contributed by atoms with Crippen LogP contribution in [0.25, 0.3) is 11.3 Å². The lowest BCUT2D eigenvalue weighted by atomic mass is 9.96. The zero-order chi connectivity index (χ0) is 20.1. The van der Waals surface area contributed by atoms with Gasteiger partial charge in [-0.3, -0.25) is 14.5 Å². The van der Waals surface area contributed by atoms with Gasteiger partial charge in [-0.1, -0.05) is 0 Å². The summed E-state index contributed by atoms with van der Waals surface area (Å²) in [6, 6.07) is 2.81. The number of hydrogen-bond donors (Lipinski definition) is 2. The highest BCUT2D eigenvalue weighted by molar-refractivity contribution is 7.14. The first kappa shape index (κ1) is 18.5. The van der Waals surface area contributed by atoms with E-state index in [-0.39, 0.29) is 11.0 Å². The molecule has 2 aliphatic rings. The van der Waals surface area contributed by atoms with Gasteiger partial charge in [0, 0.05) is 10.9 Å². The number of nitrogens with one attached hydrogen (secondary N) is 2. The Hall–Kier alpha value is -2.88. The second kappa shape index (κ2) is 6.62. The molecule has 4 amide bonds. The molecule has 2 N–H and O–H groups in total. The van der Waals surface area contributed by atoms with E-state index in [9.17, 15) is 23.2 Å². The fraction of sp³-hybridized carbons (Fsp3) is 0.333. The lowest BCUT2D eigenvalue weighted by molar-refractivity contribution is -0.134. The molecule has 1 aliphatic carbocycles. The van der Waals surface area contributed by atoms with E-state index in [1.54, 1.807) is 12.3 Å². The molecule has 1 atom stereocenters. The minimum atomic E-state index is -0.992. The third-order valence-electron chi connectivity index (χ3n) is 4.96. The van der Waals surface area contributed by atoms with Gasteiger partial charge in [-0.05, 0) is 43.9 Å². The Morgan fingerprint density at radius 3 is 2.79 bits per heavy atom. The number of halogens is 2. The third kappa shape index (κ3) is 3.24. The SMILES string of the molecule is CC1(C2CC2)NC(=O)N(CC(=O)Nc2nc(-c3ccc(F)c(F)c3)cs2)C1=O. The molecule has 0 bridgehead atoms. The first-order valence-corrected chi connectivity index (χ1v) is 9.51. The van der Waals surface area contributed by atoms with E-state index in [4.69, 9.17) is 0 Å². The average Bonchev–Trinajstić information content (AvgIpc) is 3.37. The molecule has 2 aromatic rings. The predicted octanol–water partition coefficient (Wildman–Crippen LogP) is 2.75. The first-order valence-electron chi connectivity index (χ1n) is 8.63. The van der Waals surface area contributed by atoms with E-state index >= 15 is 0 Å². The van der Waals surface area contributed by atoms with Crippen LogP contribution in [-0.4, -0.2) is 39.8 Å². The minimum Gasteiger partial charge on any atom is -0.323 e. The summed E-state index contributed by atoms with van der Waals surface area (Å²) in [5.74, 6) is -2.83. The van der Waals surface area contributed by atoms with Gasteiger partial charge in [0.1, 0.15) is 12.1 Å². The Bertz CT molecular complexity index is 991. The minimum absolute atomic E-state index is 0.106. The lowest BCUT2D eigenvalue weighted by Crippen LogP contribution is -2.46. The number of nitrogens with zero attached hydrogens (tertiary/aromatic N) is 2. The van der Waals surface area contributed by atoms with Crippen molar-refractivity contribution in [2.75, 3.05) is 11.9 Å². The average molecular weight is 406 g/mol. The summed E-state index contributed by atoms with van der Waals surface area (Å²) in [5, 5.41) is 7.01. The summed E-state index contributed by atoms with van der Waals surface area (Å²) in [4.78, 5) is 42.0. The van der Waals surface area contributed by atoms with Crippen LogP contribution in [0.5, 0.6) is 0 Å². The smallest absolute Gasteiger partial charge is 0.323 e. The topological polar surface area (TPSA) is 91.4 Å². The van der Waals surface area contributed by atoms with Gasteiger partial charge < -0.3 is 10.6 Å². The molecule has 1 aromatic heterocycles. The predicted molar refractivity (Wildman–Crippen MR) is 97.5 cm³/mol. The number of urea groups is 1. The highest BCUT2D eigenvalue weighted by atomic mass is 32.1. The second-order valence-electron chi connectivity index (χ2n) is 7.01. The van der Waals surface area contributed by atoms with Crippen molar-refractivity contribution in [3.05, 3.63) is 35.2 Å². The Morgan fingerprint density at radius 2 is 2.11 bits per heavy atom. The van der Waals surface area contributed by atoms with Crippen LogP contribution in [0.3, 0.4) is 0 Å². The van der Waals surface area contributed by atoms with Crippen LogP contribution < -0.4 is 10.6 Å². The Balaban J connectivity index is 1.42. The van der Waals surface area contributed by atoms with E-state index in [2.05, 4.69) is 15.6 Å². The van der Waals surface area contributed by atoms with E-state index in [1.807, 2.05) is 0 Å². The molecule has 2 heterocycles. The van der Waals surface area contributed by atoms with Crippen LogP contribution in [0.1, 0.15) is 19.8 Å². The molecule has 7 nitrogen and oxygen atoms in total. The van der Waals surface area contributed by atoms with Crippen LogP contribution in [0.15, 0.2) is 23.6 Å². The maximum Gasteiger partial charge on any atom is 0.325 e. The number of carbonyl (C=O) groups is 3. The van der Waals surface area contributed by atoms with Gasteiger partial charge in [-0.15, -0.1) is 11.3 Å². The number of aromatic nitrogens is 1. The van der Waals surface area contributed by atoms with Gasteiger partial charge in [0.25, 0.3) is 5.91 Å². The van der Waals surface area contributed by atoms with Gasteiger partial charge in [0.15, 0.2) is 16.8 Å². The van der Waals surface area contributed by atoms with Crippen LogP contribution in [0, 0.1) is 17.6 Å². The molecular formula is C18H16F2N4O3S. The van der Waals surface area contributed by atoms with E-state index in [0.29, 0.717) is 11.3 Å². The Kier molecular flexibility index (Phi) is 4.37. The Morgan fingerprint density at radius 1 is 1.36 bits per heavy atom. The zero-order valence-electron chi connectivity index (χ0n) is 14.8. The second-order valence-corrected chi connectivity index (χ2v) is 7.87. The number of carbonyl (C=O) groups excluding carboxylic acids is 3. The van der Waals surface area contributed by atoms with E-state index < -0.39 is 41.6 Å². The van der Waals surface area contributed by atoms with Crippen LogP contribution in [0.4, 0.5) is 18.7 Å². The molecule has 28 heavy (non-hydrogen) atoms. The number of rotatable bonds is 5. The number of benzene rings is 1.